The van der Waals surface area contributed by atoms with Crippen molar-refractivity contribution < 1.29 is 9.53 Å². The number of amides is 1. The molecule has 0 bridgehead atoms. The van der Waals surface area contributed by atoms with E-state index in [2.05, 4.69) is 4.98 Å². The number of hydrogen-bond donors (Lipinski definition) is 0. The Bertz CT molecular complexity index is 423. The summed E-state index contributed by atoms with van der Waals surface area (Å²) >= 11 is 0. The molecule has 0 atom stereocenters. The van der Waals surface area contributed by atoms with Crippen LogP contribution in [0.3, 0.4) is 0 Å². The zero-order chi connectivity index (χ0) is 13.1. The lowest BCUT2D eigenvalue weighted by Gasteiger charge is -2.39. The summed E-state index contributed by atoms with van der Waals surface area (Å²) in [5.74, 6) is 1.58. The van der Waals surface area contributed by atoms with Crippen LogP contribution in [-0.2, 0) is 4.79 Å². The Kier molecular flexibility index (Phi) is 3.67. The minimum absolute atomic E-state index is 0.113. The Morgan fingerprint density at radius 3 is 2.79 bits per heavy atom. The van der Waals surface area contributed by atoms with Crippen LogP contribution in [0.2, 0.25) is 0 Å². The molecular formula is C15H20N2O2. The second-order valence-electron chi connectivity index (χ2n) is 5.56. The highest BCUT2D eigenvalue weighted by Crippen LogP contribution is 2.29. The summed E-state index contributed by atoms with van der Waals surface area (Å²) in [5.41, 5.74) is 0. The molecule has 0 radical (unpaired) electrons. The Labute approximate surface area is 113 Å². The van der Waals surface area contributed by atoms with Gasteiger partial charge in [-0.15, -0.1) is 0 Å². The molecule has 4 nitrogen and oxygen atoms in total. The highest BCUT2D eigenvalue weighted by molar-refractivity contribution is 5.77. The second kappa shape index (κ2) is 5.59. The maximum atomic E-state index is 12.0. The van der Waals surface area contributed by atoms with Crippen LogP contribution in [0, 0.1) is 5.92 Å². The first-order valence-corrected chi connectivity index (χ1v) is 7.17. The van der Waals surface area contributed by atoms with E-state index >= 15 is 0 Å². The first-order valence-electron chi connectivity index (χ1n) is 7.17. The Morgan fingerprint density at radius 1 is 1.32 bits per heavy atom. The molecule has 3 rings (SSSR count). The fourth-order valence-corrected chi connectivity index (χ4v) is 2.89. The molecule has 1 aliphatic heterocycles. The highest BCUT2D eigenvalue weighted by Gasteiger charge is 2.33. The van der Waals surface area contributed by atoms with Gasteiger partial charge in [0, 0.05) is 18.7 Å². The maximum absolute atomic E-state index is 12.0. The second-order valence-corrected chi connectivity index (χ2v) is 5.56. The van der Waals surface area contributed by atoms with Crippen molar-refractivity contribution in [3.8, 4) is 5.88 Å². The van der Waals surface area contributed by atoms with Crippen molar-refractivity contribution in [3.63, 3.8) is 0 Å². The molecule has 19 heavy (non-hydrogen) atoms. The van der Waals surface area contributed by atoms with Crippen molar-refractivity contribution in [2.75, 3.05) is 13.1 Å². The summed E-state index contributed by atoms with van der Waals surface area (Å²) in [5, 5.41) is 0. The van der Waals surface area contributed by atoms with Gasteiger partial charge in [-0.3, -0.25) is 4.79 Å². The van der Waals surface area contributed by atoms with Gasteiger partial charge in [-0.2, -0.15) is 0 Å². The van der Waals surface area contributed by atoms with E-state index in [-0.39, 0.29) is 6.10 Å². The topological polar surface area (TPSA) is 42.4 Å². The molecule has 1 saturated heterocycles. The quantitative estimate of drug-likeness (QED) is 0.834. The molecule has 0 unspecified atom stereocenters. The average molecular weight is 260 g/mol. The number of aromatic nitrogens is 1. The van der Waals surface area contributed by atoms with Crippen LogP contribution < -0.4 is 4.74 Å². The molecule has 2 aliphatic rings. The summed E-state index contributed by atoms with van der Waals surface area (Å²) in [4.78, 5) is 18.1. The Balaban J connectivity index is 1.41. The van der Waals surface area contributed by atoms with Crippen molar-refractivity contribution in [2.45, 2.75) is 38.2 Å². The predicted octanol–water partition coefficient (Wildman–Crippen LogP) is 2.25. The van der Waals surface area contributed by atoms with Gasteiger partial charge in [0.25, 0.3) is 0 Å². The van der Waals surface area contributed by atoms with E-state index in [0.717, 1.165) is 6.42 Å². The fraction of sp³-hybridized carbons (Fsp3) is 0.600. The number of rotatable bonds is 4. The molecule has 2 heterocycles. The zero-order valence-corrected chi connectivity index (χ0v) is 11.1. The number of ether oxygens (including phenoxy) is 1. The van der Waals surface area contributed by atoms with Crippen LogP contribution in [-0.4, -0.2) is 35.0 Å². The molecule has 2 fully saturated rings. The van der Waals surface area contributed by atoms with Gasteiger partial charge in [-0.25, -0.2) is 4.98 Å². The molecule has 1 amide bonds. The lowest BCUT2D eigenvalue weighted by Crippen LogP contribution is -2.56. The minimum atomic E-state index is 0.113. The highest BCUT2D eigenvalue weighted by atomic mass is 16.5. The van der Waals surface area contributed by atoms with Gasteiger partial charge in [0.2, 0.25) is 11.8 Å². The number of likely N-dealkylation sites (tertiary alicyclic amines) is 1. The number of carbonyl (C=O) groups is 1. The van der Waals surface area contributed by atoms with E-state index < -0.39 is 0 Å². The molecule has 1 aliphatic carbocycles. The van der Waals surface area contributed by atoms with E-state index in [9.17, 15) is 4.79 Å². The van der Waals surface area contributed by atoms with Gasteiger partial charge >= 0.3 is 0 Å². The molecule has 1 aromatic rings. The zero-order valence-electron chi connectivity index (χ0n) is 11.1. The van der Waals surface area contributed by atoms with Crippen LogP contribution >= 0.6 is 0 Å². The van der Waals surface area contributed by atoms with E-state index in [0.29, 0.717) is 30.8 Å². The number of pyridine rings is 1. The SMILES string of the molecule is O=C(CC1CCCC1)N1CC(Oc2ccccn2)C1. The van der Waals surface area contributed by atoms with Gasteiger partial charge in [-0.1, -0.05) is 18.9 Å². The molecule has 0 N–H and O–H groups in total. The lowest BCUT2D eigenvalue weighted by atomic mass is 10.0. The Morgan fingerprint density at radius 2 is 2.11 bits per heavy atom. The predicted molar refractivity (Wildman–Crippen MR) is 71.8 cm³/mol. The van der Waals surface area contributed by atoms with Crippen LogP contribution in [0.1, 0.15) is 32.1 Å². The number of carbonyl (C=O) groups excluding carboxylic acids is 1. The first-order chi connectivity index (χ1) is 9.31. The van der Waals surface area contributed by atoms with Crippen molar-refractivity contribution in [1.29, 1.82) is 0 Å². The minimum Gasteiger partial charge on any atom is -0.471 e. The van der Waals surface area contributed by atoms with Crippen LogP contribution in [0.15, 0.2) is 24.4 Å². The van der Waals surface area contributed by atoms with Gasteiger partial charge in [0.05, 0.1) is 13.1 Å². The van der Waals surface area contributed by atoms with Crippen molar-refractivity contribution in [2.24, 2.45) is 5.92 Å². The van der Waals surface area contributed by atoms with Crippen molar-refractivity contribution >= 4 is 5.91 Å². The normalized spacial score (nSPS) is 20.3. The fourth-order valence-electron chi connectivity index (χ4n) is 2.89. The first kappa shape index (κ1) is 12.5. The Hall–Kier alpha value is -1.58. The smallest absolute Gasteiger partial charge is 0.223 e. The average Bonchev–Trinajstić information content (AvgIpc) is 2.87. The summed E-state index contributed by atoms with van der Waals surface area (Å²) < 4.78 is 5.70. The van der Waals surface area contributed by atoms with Crippen molar-refractivity contribution in [3.05, 3.63) is 24.4 Å². The molecule has 1 saturated carbocycles. The lowest BCUT2D eigenvalue weighted by molar-refractivity contribution is -0.141. The summed E-state index contributed by atoms with van der Waals surface area (Å²) in [6, 6.07) is 5.62. The van der Waals surface area contributed by atoms with E-state index in [1.807, 2.05) is 23.1 Å². The molecule has 102 valence electrons. The molecule has 1 aromatic heterocycles. The molecular weight excluding hydrogens is 240 g/mol. The molecule has 0 aromatic carbocycles. The third kappa shape index (κ3) is 3.06. The molecule has 0 spiro atoms. The van der Waals surface area contributed by atoms with Crippen LogP contribution in [0.5, 0.6) is 5.88 Å². The van der Waals surface area contributed by atoms with Gasteiger partial charge < -0.3 is 9.64 Å². The monoisotopic (exact) mass is 260 g/mol. The van der Waals surface area contributed by atoms with Crippen molar-refractivity contribution in [1.82, 2.24) is 9.88 Å². The van der Waals surface area contributed by atoms with Gasteiger partial charge in [0.15, 0.2) is 0 Å². The van der Waals surface area contributed by atoms with Gasteiger partial charge in [-0.05, 0) is 24.8 Å². The summed E-state index contributed by atoms with van der Waals surface area (Å²) in [6.07, 6.45) is 7.61. The van der Waals surface area contributed by atoms with Crippen LogP contribution in [0.4, 0.5) is 0 Å². The molecule has 4 heteroatoms. The van der Waals surface area contributed by atoms with E-state index in [1.165, 1.54) is 25.7 Å². The summed E-state index contributed by atoms with van der Waals surface area (Å²) in [6.45, 7) is 1.42. The van der Waals surface area contributed by atoms with Gasteiger partial charge in [0.1, 0.15) is 6.10 Å². The van der Waals surface area contributed by atoms with Crippen LogP contribution in [0.25, 0.3) is 0 Å². The third-order valence-corrected chi connectivity index (χ3v) is 4.06. The van der Waals surface area contributed by atoms with E-state index in [1.54, 1.807) is 6.20 Å². The number of hydrogen-bond acceptors (Lipinski definition) is 3. The maximum Gasteiger partial charge on any atom is 0.223 e. The standard InChI is InChI=1S/C15H20N2O2/c18-15(9-12-5-1-2-6-12)17-10-13(11-17)19-14-7-3-4-8-16-14/h3-4,7-8,12-13H,1-2,5-6,9-11H2. The third-order valence-electron chi connectivity index (χ3n) is 4.06. The summed E-state index contributed by atoms with van der Waals surface area (Å²) in [7, 11) is 0. The number of nitrogens with zero attached hydrogens (tertiary/aromatic N) is 2. The largest absolute Gasteiger partial charge is 0.471 e. The van der Waals surface area contributed by atoms with E-state index in [4.69, 9.17) is 4.74 Å².